The first-order chi connectivity index (χ1) is 6.84. The Labute approximate surface area is 86.8 Å². The minimum absolute atomic E-state index is 0.203. The van der Waals surface area contributed by atoms with E-state index in [0.29, 0.717) is 5.92 Å². The van der Waals surface area contributed by atoms with Crippen LogP contribution in [0, 0.1) is 5.92 Å². The Morgan fingerprint density at radius 1 is 1.50 bits per heavy atom. The first-order valence-electron chi connectivity index (χ1n) is 4.93. The fourth-order valence-corrected chi connectivity index (χ4v) is 2.56. The normalized spacial score (nSPS) is 18.6. The van der Waals surface area contributed by atoms with Crippen LogP contribution in [0.5, 0.6) is 0 Å². The maximum absolute atomic E-state index is 6.12. The summed E-state index contributed by atoms with van der Waals surface area (Å²) in [7, 11) is 0. The number of fused-ring (bicyclic) bond motifs is 1. The zero-order valence-corrected chi connectivity index (χ0v) is 8.63. The monoisotopic (exact) mass is 204 g/mol. The lowest BCUT2D eigenvalue weighted by Gasteiger charge is -2.09. The van der Waals surface area contributed by atoms with Crippen LogP contribution in [0.3, 0.4) is 0 Å². The van der Waals surface area contributed by atoms with Gasteiger partial charge in [0.25, 0.3) is 0 Å². The van der Waals surface area contributed by atoms with Crippen molar-refractivity contribution in [2.45, 2.75) is 18.9 Å². The fourth-order valence-electron chi connectivity index (χ4n) is 1.77. The van der Waals surface area contributed by atoms with Gasteiger partial charge in [-0.05, 0) is 41.8 Å². The molecule has 1 aliphatic rings. The number of aromatic nitrogens is 1. The largest absolute Gasteiger partial charge is 0.324 e. The quantitative estimate of drug-likeness (QED) is 0.816. The molecule has 0 aromatic carbocycles. The Kier molecular flexibility index (Phi) is 1.82. The standard InChI is InChI=1S/C11H12N2S/c12-11(7-1-2-7)8-5-10-9(13-6-8)3-4-14-10/h3-7,11H,1-2,12H2. The van der Waals surface area contributed by atoms with Crippen LogP contribution in [0.25, 0.3) is 10.2 Å². The molecule has 0 radical (unpaired) electrons. The summed E-state index contributed by atoms with van der Waals surface area (Å²) in [5, 5.41) is 2.07. The van der Waals surface area contributed by atoms with Gasteiger partial charge < -0.3 is 5.73 Å². The number of nitrogens with two attached hydrogens (primary N) is 1. The third kappa shape index (κ3) is 1.33. The predicted octanol–water partition coefficient (Wildman–Crippen LogP) is 2.71. The maximum Gasteiger partial charge on any atom is 0.0809 e. The van der Waals surface area contributed by atoms with Crippen molar-refractivity contribution in [1.29, 1.82) is 0 Å². The molecule has 2 N–H and O–H groups in total. The molecule has 1 saturated carbocycles. The van der Waals surface area contributed by atoms with Crippen molar-refractivity contribution >= 4 is 21.6 Å². The van der Waals surface area contributed by atoms with Gasteiger partial charge in [0, 0.05) is 12.2 Å². The van der Waals surface area contributed by atoms with E-state index < -0.39 is 0 Å². The molecule has 0 aliphatic heterocycles. The molecule has 1 fully saturated rings. The molecular weight excluding hydrogens is 192 g/mol. The average Bonchev–Trinajstić information content (AvgIpc) is 2.95. The van der Waals surface area contributed by atoms with Crippen LogP contribution in [0.4, 0.5) is 0 Å². The van der Waals surface area contributed by atoms with Crippen molar-refractivity contribution in [3.63, 3.8) is 0 Å². The number of rotatable bonds is 2. The zero-order valence-electron chi connectivity index (χ0n) is 7.81. The van der Waals surface area contributed by atoms with Crippen LogP contribution in [0.2, 0.25) is 0 Å². The van der Waals surface area contributed by atoms with Gasteiger partial charge in [-0.2, -0.15) is 0 Å². The maximum atomic E-state index is 6.12. The van der Waals surface area contributed by atoms with E-state index >= 15 is 0 Å². The lowest BCUT2D eigenvalue weighted by atomic mass is 10.1. The Hall–Kier alpha value is -0.930. The number of thiophene rings is 1. The summed E-state index contributed by atoms with van der Waals surface area (Å²) in [5.41, 5.74) is 8.41. The molecule has 0 bridgehead atoms. The third-order valence-electron chi connectivity index (χ3n) is 2.84. The molecule has 1 atom stereocenters. The molecule has 0 amide bonds. The summed E-state index contributed by atoms with van der Waals surface area (Å²) in [6.45, 7) is 0. The van der Waals surface area contributed by atoms with Gasteiger partial charge in [0.2, 0.25) is 0 Å². The van der Waals surface area contributed by atoms with Gasteiger partial charge in [-0.3, -0.25) is 4.98 Å². The van der Waals surface area contributed by atoms with E-state index in [1.807, 2.05) is 12.3 Å². The van der Waals surface area contributed by atoms with E-state index in [2.05, 4.69) is 16.4 Å². The number of pyridine rings is 1. The second kappa shape index (κ2) is 3.04. The Bertz CT molecular complexity index is 459. The first-order valence-corrected chi connectivity index (χ1v) is 5.81. The van der Waals surface area contributed by atoms with Gasteiger partial charge in [0.15, 0.2) is 0 Å². The minimum Gasteiger partial charge on any atom is -0.324 e. The van der Waals surface area contributed by atoms with E-state index in [0.717, 1.165) is 5.52 Å². The van der Waals surface area contributed by atoms with Crippen LogP contribution >= 0.6 is 11.3 Å². The second-order valence-electron chi connectivity index (χ2n) is 3.94. The molecule has 2 nitrogen and oxygen atoms in total. The summed E-state index contributed by atoms with van der Waals surface area (Å²) in [4.78, 5) is 4.40. The van der Waals surface area contributed by atoms with Crippen molar-refractivity contribution < 1.29 is 0 Å². The topological polar surface area (TPSA) is 38.9 Å². The van der Waals surface area contributed by atoms with Gasteiger partial charge in [0.1, 0.15) is 0 Å². The summed E-state index contributed by atoms with van der Waals surface area (Å²) in [5.74, 6) is 0.703. The third-order valence-corrected chi connectivity index (χ3v) is 3.69. The van der Waals surface area contributed by atoms with Crippen molar-refractivity contribution in [1.82, 2.24) is 4.98 Å². The zero-order chi connectivity index (χ0) is 9.54. The van der Waals surface area contributed by atoms with Crippen molar-refractivity contribution in [2.24, 2.45) is 11.7 Å². The molecule has 2 heterocycles. The van der Waals surface area contributed by atoms with Crippen molar-refractivity contribution in [3.05, 3.63) is 29.3 Å². The van der Waals surface area contributed by atoms with Crippen molar-refractivity contribution in [3.8, 4) is 0 Å². The van der Waals surface area contributed by atoms with Crippen molar-refractivity contribution in [2.75, 3.05) is 0 Å². The smallest absolute Gasteiger partial charge is 0.0809 e. The lowest BCUT2D eigenvalue weighted by Crippen LogP contribution is -2.12. The minimum atomic E-state index is 0.203. The van der Waals surface area contributed by atoms with Gasteiger partial charge in [-0.1, -0.05) is 0 Å². The number of hydrogen-bond donors (Lipinski definition) is 1. The van der Waals surface area contributed by atoms with Gasteiger partial charge in [-0.25, -0.2) is 0 Å². The predicted molar refractivity (Wildman–Crippen MR) is 59.3 cm³/mol. The van der Waals surface area contributed by atoms with E-state index in [1.165, 1.54) is 23.1 Å². The van der Waals surface area contributed by atoms with Crippen LogP contribution < -0.4 is 5.73 Å². The second-order valence-corrected chi connectivity index (χ2v) is 4.88. The van der Waals surface area contributed by atoms with Gasteiger partial charge in [-0.15, -0.1) is 11.3 Å². The van der Waals surface area contributed by atoms with E-state index in [1.54, 1.807) is 11.3 Å². The van der Waals surface area contributed by atoms with E-state index in [9.17, 15) is 0 Å². The van der Waals surface area contributed by atoms with E-state index in [4.69, 9.17) is 5.73 Å². The van der Waals surface area contributed by atoms with Crippen LogP contribution in [0.15, 0.2) is 23.7 Å². The van der Waals surface area contributed by atoms with Crippen LogP contribution in [0.1, 0.15) is 24.4 Å². The summed E-state index contributed by atoms with van der Waals surface area (Å²) in [6.07, 6.45) is 4.49. The highest BCUT2D eigenvalue weighted by molar-refractivity contribution is 7.17. The molecule has 0 spiro atoms. The number of nitrogens with zero attached hydrogens (tertiary/aromatic N) is 1. The average molecular weight is 204 g/mol. The molecule has 3 rings (SSSR count). The fraction of sp³-hybridized carbons (Fsp3) is 0.364. The molecule has 14 heavy (non-hydrogen) atoms. The number of hydrogen-bond acceptors (Lipinski definition) is 3. The molecular formula is C11H12N2S. The molecule has 3 heteroatoms. The molecule has 2 aromatic rings. The van der Waals surface area contributed by atoms with E-state index in [-0.39, 0.29) is 6.04 Å². The molecule has 72 valence electrons. The summed E-state index contributed by atoms with van der Waals surface area (Å²) in [6, 6.07) is 4.44. The van der Waals surface area contributed by atoms with Gasteiger partial charge >= 0.3 is 0 Å². The van der Waals surface area contributed by atoms with Crippen LogP contribution in [-0.4, -0.2) is 4.98 Å². The summed E-state index contributed by atoms with van der Waals surface area (Å²) < 4.78 is 1.25. The Morgan fingerprint density at radius 3 is 3.14 bits per heavy atom. The first kappa shape index (κ1) is 8.38. The van der Waals surface area contributed by atoms with Gasteiger partial charge in [0.05, 0.1) is 10.2 Å². The Morgan fingerprint density at radius 2 is 2.36 bits per heavy atom. The highest BCUT2D eigenvalue weighted by Crippen LogP contribution is 2.39. The molecule has 1 unspecified atom stereocenters. The highest BCUT2D eigenvalue weighted by atomic mass is 32.1. The molecule has 0 saturated heterocycles. The Balaban J connectivity index is 2.03. The summed E-state index contributed by atoms with van der Waals surface area (Å²) >= 11 is 1.73. The lowest BCUT2D eigenvalue weighted by molar-refractivity contribution is 0.632. The van der Waals surface area contributed by atoms with Crippen LogP contribution in [-0.2, 0) is 0 Å². The highest BCUT2D eigenvalue weighted by Gasteiger charge is 2.29. The molecule has 1 aliphatic carbocycles. The molecule has 2 aromatic heterocycles. The SMILES string of the molecule is NC(c1cnc2ccsc2c1)C1CC1.